The normalized spacial score (nSPS) is 25.9. The molecule has 1 aliphatic heterocycles. The summed E-state index contributed by atoms with van der Waals surface area (Å²) in [7, 11) is 0. The van der Waals surface area contributed by atoms with Crippen LogP contribution in [-0.4, -0.2) is 40.7 Å². The van der Waals surface area contributed by atoms with Gasteiger partial charge >= 0.3 is 5.97 Å². The summed E-state index contributed by atoms with van der Waals surface area (Å²) in [5.41, 5.74) is 0.555. The molecule has 4 rings (SSSR count). The van der Waals surface area contributed by atoms with Crippen molar-refractivity contribution in [3.05, 3.63) is 35.9 Å². The lowest BCUT2D eigenvalue weighted by Crippen LogP contribution is -2.45. The number of amides is 3. The van der Waals surface area contributed by atoms with Gasteiger partial charge in [-0.3, -0.25) is 19.3 Å². The van der Waals surface area contributed by atoms with Gasteiger partial charge < -0.3 is 10.1 Å². The number of imide groups is 1. The second-order valence-corrected chi connectivity index (χ2v) is 8.23. The number of carbonyl (C=O) groups excluding carboxylic acids is 4. The molecule has 0 bridgehead atoms. The Hall–Kier alpha value is -2.70. The van der Waals surface area contributed by atoms with Gasteiger partial charge in [0.1, 0.15) is 6.04 Å². The summed E-state index contributed by atoms with van der Waals surface area (Å²) >= 11 is 0. The third-order valence-corrected chi connectivity index (χ3v) is 6.10. The van der Waals surface area contributed by atoms with E-state index in [0.29, 0.717) is 18.4 Å². The van der Waals surface area contributed by atoms with E-state index in [-0.39, 0.29) is 35.6 Å². The smallest absolute Gasteiger partial charge is 0.330 e. The van der Waals surface area contributed by atoms with Crippen molar-refractivity contribution >= 4 is 23.7 Å². The first kappa shape index (κ1) is 19.6. The van der Waals surface area contributed by atoms with Gasteiger partial charge in [0.25, 0.3) is 5.91 Å². The molecule has 2 saturated carbocycles. The summed E-state index contributed by atoms with van der Waals surface area (Å²) in [6, 6.07) is 7.85. The van der Waals surface area contributed by atoms with Crippen LogP contribution in [0.15, 0.2) is 30.3 Å². The number of hydrogen-bond donors (Lipinski definition) is 1. The van der Waals surface area contributed by atoms with Crippen molar-refractivity contribution in [1.82, 2.24) is 10.2 Å². The Morgan fingerprint density at radius 1 is 1.00 bits per heavy atom. The first-order chi connectivity index (χ1) is 14.0. The lowest BCUT2D eigenvalue weighted by atomic mass is 9.81. The topological polar surface area (TPSA) is 92.8 Å². The van der Waals surface area contributed by atoms with Crippen LogP contribution >= 0.6 is 0 Å². The molecule has 4 atom stereocenters. The molecule has 3 fully saturated rings. The molecule has 7 heteroatoms. The average molecular weight is 398 g/mol. The van der Waals surface area contributed by atoms with Gasteiger partial charge in [-0.15, -0.1) is 0 Å². The minimum absolute atomic E-state index is 0.120. The van der Waals surface area contributed by atoms with E-state index < -0.39 is 18.1 Å². The number of benzene rings is 1. The summed E-state index contributed by atoms with van der Waals surface area (Å²) in [6.45, 7) is 1.50. The maximum atomic E-state index is 12.9. The number of likely N-dealkylation sites (tertiary alicyclic amines) is 1. The second-order valence-electron chi connectivity index (χ2n) is 8.23. The first-order valence-electron chi connectivity index (χ1n) is 10.4. The van der Waals surface area contributed by atoms with Crippen LogP contribution in [0.25, 0.3) is 0 Å². The van der Waals surface area contributed by atoms with Crippen LogP contribution in [0, 0.1) is 11.8 Å². The maximum Gasteiger partial charge on any atom is 0.330 e. The van der Waals surface area contributed by atoms with Crippen LogP contribution in [0.2, 0.25) is 0 Å². The highest BCUT2D eigenvalue weighted by Crippen LogP contribution is 2.39. The van der Waals surface area contributed by atoms with Crippen LogP contribution in [0.1, 0.15) is 57.1 Å². The molecule has 1 N–H and O–H groups in total. The van der Waals surface area contributed by atoms with Gasteiger partial charge in [0, 0.05) is 11.6 Å². The predicted molar refractivity (Wildman–Crippen MR) is 103 cm³/mol. The number of fused-ring (bicyclic) bond motifs is 1. The number of nitrogens with zero attached hydrogens (tertiary/aromatic N) is 1. The Morgan fingerprint density at radius 2 is 1.59 bits per heavy atom. The number of rotatable bonds is 6. The van der Waals surface area contributed by atoms with Crippen LogP contribution in [0.5, 0.6) is 0 Å². The number of carbonyl (C=O) groups is 4. The highest BCUT2D eigenvalue weighted by atomic mass is 16.5. The van der Waals surface area contributed by atoms with E-state index in [1.807, 2.05) is 6.07 Å². The van der Waals surface area contributed by atoms with E-state index in [4.69, 9.17) is 4.74 Å². The van der Waals surface area contributed by atoms with Crippen LogP contribution < -0.4 is 5.32 Å². The minimum Gasteiger partial charge on any atom is -0.446 e. The van der Waals surface area contributed by atoms with Crippen molar-refractivity contribution in [1.29, 1.82) is 0 Å². The van der Waals surface area contributed by atoms with Crippen LogP contribution in [-0.2, 0) is 23.9 Å². The van der Waals surface area contributed by atoms with E-state index in [1.165, 1.54) is 6.92 Å². The average Bonchev–Trinajstić information content (AvgIpc) is 3.51. The third-order valence-electron chi connectivity index (χ3n) is 6.10. The third kappa shape index (κ3) is 3.91. The van der Waals surface area contributed by atoms with E-state index in [9.17, 15) is 19.2 Å². The van der Waals surface area contributed by atoms with Gasteiger partial charge in [-0.1, -0.05) is 43.2 Å². The van der Waals surface area contributed by atoms with Gasteiger partial charge in [-0.2, -0.15) is 0 Å². The summed E-state index contributed by atoms with van der Waals surface area (Å²) in [5.74, 6) is -2.35. The quantitative estimate of drug-likeness (QED) is 0.585. The van der Waals surface area contributed by atoms with Crippen molar-refractivity contribution < 1.29 is 23.9 Å². The van der Waals surface area contributed by atoms with Crippen LogP contribution in [0.4, 0.5) is 0 Å². The molecule has 1 aromatic carbocycles. The number of hydrogen-bond acceptors (Lipinski definition) is 5. The fourth-order valence-electron chi connectivity index (χ4n) is 4.30. The zero-order valence-electron chi connectivity index (χ0n) is 16.5. The van der Waals surface area contributed by atoms with Gasteiger partial charge in [-0.05, 0) is 32.6 Å². The molecule has 0 radical (unpaired) electrons. The van der Waals surface area contributed by atoms with Crippen molar-refractivity contribution in [3.63, 3.8) is 0 Å². The molecule has 7 nitrogen and oxygen atoms in total. The van der Waals surface area contributed by atoms with Crippen molar-refractivity contribution in [2.45, 2.75) is 63.6 Å². The minimum atomic E-state index is -1.11. The van der Waals surface area contributed by atoms with Gasteiger partial charge in [0.15, 0.2) is 0 Å². The second kappa shape index (κ2) is 7.97. The van der Waals surface area contributed by atoms with E-state index >= 15 is 0 Å². The van der Waals surface area contributed by atoms with Gasteiger partial charge in [0.05, 0.1) is 11.8 Å². The Bertz CT molecular complexity index is 796. The molecule has 1 aromatic rings. The monoisotopic (exact) mass is 398 g/mol. The fourth-order valence-corrected chi connectivity index (χ4v) is 4.30. The zero-order chi connectivity index (χ0) is 20.5. The highest BCUT2D eigenvalue weighted by Gasteiger charge is 2.51. The molecular weight excluding hydrogens is 372 g/mol. The van der Waals surface area contributed by atoms with E-state index in [1.54, 1.807) is 24.3 Å². The molecule has 3 amide bonds. The molecule has 29 heavy (non-hydrogen) atoms. The highest BCUT2D eigenvalue weighted by molar-refractivity contribution is 6.07. The molecule has 2 aliphatic carbocycles. The molecule has 1 saturated heterocycles. The Balaban J connectivity index is 1.50. The van der Waals surface area contributed by atoms with E-state index in [0.717, 1.165) is 30.6 Å². The lowest BCUT2D eigenvalue weighted by Gasteiger charge is -2.24. The number of ether oxygens (including phenoxy) is 1. The summed E-state index contributed by atoms with van der Waals surface area (Å²) in [6.07, 6.45) is 3.93. The SMILES string of the molecule is C[C@@H](C(=O)OC(C(=O)NC1CC1)c1ccccc1)N1C(=O)C2CCCCC2C1=O. The predicted octanol–water partition coefficient (Wildman–Crippen LogP) is 2.11. The Kier molecular flexibility index (Phi) is 5.39. The van der Waals surface area contributed by atoms with Crippen molar-refractivity contribution in [2.24, 2.45) is 11.8 Å². The molecule has 0 spiro atoms. The summed E-state index contributed by atoms with van der Waals surface area (Å²) in [5, 5.41) is 2.86. The molecule has 1 heterocycles. The Morgan fingerprint density at radius 3 is 2.14 bits per heavy atom. The number of esters is 1. The van der Waals surface area contributed by atoms with Gasteiger partial charge in [0.2, 0.25) is 17.9 Å². The fraction of sp³-hybridized carbons (Fsp3) is 0.545. The van der Waals surface area contributed by atoms with Crippen molar-refractivity contribution in [2.75, 3.05) is 0 Å². The standard InChI is InChI=1S/C22H26N2O5/c1-13(24-20(26)16-9-5-6-10-17(16)21(24)27)22(28)29-18(14-7-3-2-4-8-14)19(25)23-15-11-12-15/h2-4,7-8,13,15-18H,5-6,9-12H2,1H3,(H,23,25)/t13-,16?,17?,18?/m0/s1. The molecule has 154 valence electrons. The van der Waals surface area contributed by atoms with Crippen LogP contribution in [0.3, 0.4) is 0 Å². The summed E-state index contributed by atoms with van der Waals surface area (Å²) in [4.78, 5) is 52.1. The van der Waals surface area contributed by atoms with Gasteiger partial charge in [-0.25, -0.2) is 4.79 Å². The molecule has 3 unspecified atom stereocenters. The first-order valence-corrected chi connectivity index (χ1v) is 10.4. The number of nitrogens with one attached hydrogen (secondary N) is 1. The maximum absolute atomic E-state index is 12.9. The summed E-state index contributed by atoms with van der Waals surface area (Å²) < 4.78 is 5.55. The Labute approximate surface area is 169 Å². The van der Waals surface area contributed by atoms with E-state index in [2.05, 4.69) is 5.32 Å². The molecular formula is C22H26N2O5. The molecule has 3 aliphatic rings. The molecule has 0 aromatic heterocycles. The largest absolute Gasteiger partial charge is 0.446 e. The zero-order valence-corrected chi connectivity index (χ0v) is 16.5. The van der Waals surface area contributed by atoms with Crippen molar-refractivity contribution in [3.8, 4) is 0 Å². The lowest BCUT2D eigenvalue weighted by molar-refractivity contribution is -0.165.